The lowest BCUT2D eigenvalue weighted by Crippen LogP contribution is -2.36. The number of aromatic nitrogens is 2. The predicted molar refractivity (Wildman–Crippen MR) is 157 cm³/mol. The van der Waals surface area contributed by atoms with E-state index in [-0.39, 0.29) is 11.3 Å². The van der Waals surface area contributed by atoms with Crippen LogP contribution in [0.2, 0.25) is 0 Å². The van der Waals surface area contributed by atoms with E-state index in [9.17, 15) is 14.7 Å². The van der Waals surface area contributed by atoms with Crippen molar-refractivity contribution >= 4 is 23.1 Å². The van der Waals surface area contributed by atoms with Gasteiger partial charge in [-0.05, 0) is 54.4 Å². The quantitative estimate of drug-likeness (QED) is 0.128. The lowest BCUT2D eigenvalue weighted by atomic mass is 9.95. The summed E-state index contributed by atoms with van der Waals surface area (Å²) >= 11 is 0. The number of likely N-dealkylation sites (tertiary alicyclic amines) is 1. The molecule has 3 aromatic carbocycles. The molecule has 5 rings (SSSR count). The highest BCUT2D eigenvalue weighted by Crippen LogP contribution is 2.40. The number of aromatic amines is 1. The van der Waals surface area contributed by atoms with E-state index < -0.39 is 17.7 Å². The van der Waals surface area contributed by atoms with Gasteiger partial charge in [0.1, 0.15) is 30.5 Å². The minimum atomic E-state index is -0.695. The molecule has 0 bridgehead atoms. The number of H-pyrrole nitrogens is 1. The van der Waals surface area contributed by atoms with E-state index in [1.165, 1.54) is 0 Å². The fourth-order valence-electron chi connectivity index (χ4n) is 5.13. The Kier molecular flexibility index (Phi) is 8.19. The highest BCUT2D eigenvalue weighted by molar-refractivity contribution is 6.46. The zero-order chi connectivity index (χ0) is 28.9. The zero-order valence-corrected chi connectivity index (χ0v) is 23.6. The number of aryl methyl sites for hydroxylation is 2. The molecule has 210 valence electrons. The minimum Gasteiger partial charge on any atom is -0.507 e. The molecule has 0 saturated carbocycles. The Balaban J connectivity index is 1.42. The molecule has 2 N–H and O–H groups in total. The van der Waals surface area contributed by atoms with Crippen molar-refractivity contribution < 1.29 is 24.0 Å². The van der Waals surface area contributed by atoms with Crippen molar-refractivity contribution in [2.75, 3.05) is 25.5 Å². The first kappa shape index (κ1) is 27.7. The molecule has 0 aliphatic carbocycles. The summed E-state index contributed by atoms with van der Waals surface area (Å²) in [6, 6.07) is 22.1. The summed E-state index contributed by atoms with van der Waals surface area (Å²) in [6.45, 7) is 3.51. The summed E-state index contributed by atoms with van der Waals surface area (Å²) in [6.07, 6.45) is 6.24. The van der Waals surface area contributed by atoms with Crippen LogP contribution in [0.5, 0.6) is 5.75 Å². The van der Waals surface area contributed by atoms with Gasteiger partial charge >= 0.3 is 0 Å². The van der Waals surface area contributed by atoms with Crippen LogP contribution in [-0.4, -0.2) is 47.3 Å². The van der Waals surface area contributed by atoms with Gasteiger partial charge in [0.05, 0.1) is 18.2 Å². The van der Waals surface area contributed by atoms with E-state index in [2.05, 4.69) is 11.1 Å². The summed E-state index contributed by atoms with van der Waals surface area (Å²) in [5, 5.41) is 11.4. The van der Waals surface area contributed by atoms with Gasteiger partial charge < -0.3 is 19.6 Å². The number of carbonyl (C=O) groups excluding carboxylic acids is 2. The van der Waals surface area contributed by atoms with Gasteiger partial charge in [-0.2, -0.15) is 0 Å². The van der Waals surface area contributed by atoms with Crippen LogP contribution >= 0.6 is 0 Å². The second-order valence-electron chi connectivity index (χ2n) is 10.5. The number of benzene rings is 3. The SMILES string of the molecule is Cc1cccc(COc2ccc(C(O)=C3C(=O)C(=O)N(CCC[n+]4cc[nH]c4)C3c3ccc(N(C)C)cc3)cc2)c1. The normalized spacial score (nSPS) is 16.3. The van der Waals surface area contributed by atoms with Crippen LogP contribution in [0.25, 0.3) is 5.76 Å². The number of ketones is 1. The van der Waals surface area contributed by atoms with E-state index in [1.54, 1.807) is 29.2 Å². The summed E-state index contributed by atoms with van der Waals surface area (Å²) in [5.41, 5.74) is 4.53. The van der Waals surface area contributed by atoms with Crippen molar-refractivity contribution in [3.63, 3.8) is 0 Å². The predicted octanol–water partition coefficient (Wildman–Crippen LogP) is 4.77. The number of aliphatic hydroxyl groups excluding tert-OH is 1. The van der Waals surface area contributed by atoms with Gasteiger partial charge in [-0.25, -0.2) is 4.57 Å². The molecule has 1 amide bonds. The molecule has 1 saturated heterocycles. The lowest BCUT2D eigenvalue weighted by molar-refractivity contribution is -0.695. The highest BCUT2D eigenvalue weighted by Gasteiger charge is 2.45. The number of anilines is 1. The first-order chi connectivity index (χ1) is 19.8. The number of nitrogens with one attached hydrogen (secondary N) is 1. The van der Waals surface area contributed by atoms with E-state index >= 15 is 0 Å². The molecule has 1 aromatic heterocycles. The number of aliphatic hydroxyl groups is 1. The monoisotopic (exact) mass is 551 g/mol. The highest BCUT2D eigenvalue weighted by atomic mass is 16.5. The van der Waals surface area contributed by atoms with Crippen molar-refractivity contribution in [3.05, 3.63) is 119 Å². The standard InChI is InChI=1S/C33H34N4O4/c1-23-6-4-7-24(20-23)21-41-28-14-10-26(11-15-28)31(38)29-30(25-8-12-27(13-9-25)35(2)3)37(33(40)32(29)39)18-5-17-36-19-16-34-22-36/h4,6-16,19-20,22,30H,5,17-18,21H2,1-3H3,(H,38,39)/p+1. The molecule has 1 atom stereocenters. The maximum Gasteiger partial charge on any atom is 0.295 e. The van der Waals surface area contributed by atoms with Crippen LogP contribution in [0.3, 0.4) is 0 Å². The number of hydrogen-bond donors (Lipinski definition) is 2. The Morgan fingerprint density at radius 2 is 1.80 bits per heavy atom. The van der Waals surface area contributed by atoms with Crippen LogP contribution in [0.15, 0.2) is 97.1 Å². The molecule has 1 aliphatic heterocycles. The van der Waals surface area contributed by atoms with Gasteiger partial charge in [-0.15, -0.1) is 0 Å². The lowest BCUT2D eigenvalue weighted by Gasteiger charge is -2.25. The smallest absolute Gasteiger partial charge is 0.295 e. The van der Waals surface area contributed by atoms with Crippen molar-refractivity contribution in [1.82, 2.24) is 9.88 Å². The maximum absolute atomic E-state index is 13.4. The van der Waals surface area contributed by atoms with E-state index in [0.717, 1.165) is 22.4 Å². The van der Waals surface area contributed by atoms with Gasteiger partial charge in [0.15, 0.2) is 0 Å². The molecule has 0 spiro atoms. The molecule has 2 heterocycles. The van der Waals surface area contributed by atoms with Crippen LogP contribution in [0.1, 0.15) is 34.7 Å². The van der Waals surface area contributed by atoms with Crippen LogP contribution in [0.4, 0.5) is 5.69 Å². The number of hydrogen-bond acceptors (Lipinski definition) is 5. The first-order valence-corrected chi connectivity index (χ1v) is 13.7. The van der Waals surface area contributed by atoms with Gasteiger partial charge in [-0.3, -0.25) is 14.6 Å². The van der Waals surface area contributed by atoms with Crippen LogP contribution in [0, 0.1) is 6.92 Å². The summed E-state index contributed by atoms with van der Waals surface area (Å²) < 4.78 is 7.91. The van der Waals surface area contributed by atoms with Gasteiger partial charge in [-0.1, -0.05) is 42.0 Å². The largest absolute Gasteiger partial charge is 0.507 e. The Morgan fingerprint density at radius 3 is 2.46 bits per heavy atom. The molecule has 1 fully saturated rings. The van der Waals surface area contributed by atoms with Gasteiger partial charge in [0.25, 0.3) is 11.7 Å². The third kappa shape index (κ3) is 6.17. The maximum atomic E-state index is 13.4. The second kappa shape index (κ2) is 12.1. The third-order valence-electron chi connectivity index (χ3n) is 7.30. The Labute approximate surface area is 240 Å². The number of carbonyl (C=O) groups is 2. The molecular weight excluding hydrogens is 516 g/mol. The molecule has 8 nitrogen and oxygen atoms in total. The van der Waals surface area contributed by atoms with Crippen molar-refractivity contribution in [3.8, 4) is 5.75 Å². The zero-order valence-electron chi connectivity index (χ0n) is 23.6. The molecule has 8 heteroatoms. The minimum absolute atomic E-state index is 0.0929. The van der Waals surface area contributed by atoms with E-state index in [1.807, 2.05) is 91.7 Å². The molecule has 1 unspecified atom stereocenters. The van der Waals surface area contributed by atoms with Crippen LogP contribution in [-0.2, 0) is 22.7 Å². The fourth-order valence-corrected chi connectivity index (χ4v) is 5.13. The second-order valence-corrected chi connectivity index (χ2v) is 10.5. The first-order valence-electron chi connectivity index (χ1n) is 13.7. The molecule has 1 aliphatic rings. The molecule has 4 aromatic rings. The summed E-state index contributed by atoms with van der Waals surface area (Å²) in [7, 11) is 3.90. The average molecular weight is 552 g/mol. The van der Waals surface area contributed by atoms with Crippen molar-refractivity contribution in [1.29, 1.82) is 0 Å². The number of rotatable bonds is 10. The number of amides is 1. The Hall–Kier alpha value is -4.85. The van der Waals surface area contributed by atoms with E-state index in [4.69, 9.17) is 4.74 Å². The van der Waals surface area contributed by atoms with Gasteiger partial charge in [0.2, 0.25) is 6.33 Å². The molecule has 41 heavy (non-hydrogen) atoms. The molecule has 0 radical (unpaired) electrons. The Morgan fingerprint density at radius 1 is 1.05 bits per heavy atom. The average Bonchev–Trinajstić information content (AvgIpc) is 3.58. The Bertz CT molecular complexity index is 1540. The summed E-state index contributed by atoms with van der Waals surface area (Å²) in [5.74, 6) is -0.844. The summed E-state index contributed by atoms with van der Waals surface area (Å²) in [4.78, 5) is 33.2. The molecular formula is C33H35N4O4+. The van der Waals surface area contributed by atoms with Crippen molar-refractivity contribution in [2.45, 2.75) is 32.5 Å². The topological polar surface area (TPSA) is 89.7 Å². The third-order valence-corrected chi connectivity index (χ3v) is 7.30. The van der Waals surface area contributed by atoms with Crippen LogP contribution < -0.4 is 14.2 Å². The number of nitrogens with zero attached hydrogens (tertiary/aromatic N) is 3. The number of Topliss-reactive ketones (excluding diaryl/α,β-unsaturated/α-hetero) is 1. The van der Waals surface area contributed by atoms with Gasteiger partial charge in [0, 0.05) is 38.3 Å². The van der Waals surface area contributed by atoms with E-state index in [0.29, 0.717) is 37.4 Å². The number of imidazole rings is 1. The van der Waals surface area contributed by atoms with Crippen molar-refractivity contribution in [2.24, 2.45) is 0 Å². The fraction of sp³-hybridized carbons (Fsp3) is 0.242. The number of ether oxygens (including phenoxy) is 1.